The molecular weight excluding hydrogens is 275 g/mol. The Morgan fingerprint density at radius 3 is 2.62 bits per heavy atom. The molecule has 1 aliphatic rings. The highest BCUT2D eigenvalue weighted by atomic mass is 19.1. The minimum Gasteiger partial charge on any atom is -0.367 e. The van der Waals surface area contributed by atoms with Gasteiger partial charge < -0.3 is 15.8 Å². The van der Waals surface area contributed by atoms with Crippen LogP contribution in [0.25, 0.3) is 0 Å². The van der Waals surface area contributed by atoms with Crippen molar-refractivity contribution in [2.24, 2.45) is 5.73 Å². The van der Waals surface area contributed by atoms with Crippen LogP contribution in [0, 0.1) is 5.82 Å². The van der Waals surface area contributed by atoms with E-state index in [9.17, 15) is 14.0 Å². The highest BCUT2D eigenvalue weighted by Gasteiger charge is 2.29. The number of hydrogen-bond acceptors (Lipinski definition) is 3. The number of ether oxygens (including phenoxy) is 1. The van der Waals surface area contributed by atoms with Gasteiger partial charge in [-0.1, -0.05) is 12.1 Å². The Morgan fingerprint density at radius 2 is 2.00 bits per heavy atom. The third-order valence-corrected chi connectivity index (χ3v) is 3.51. The van der Waals surface area contributed by atoms with Gasteiger partial charge in [0.15, 0.2) is 0 Å². The number of nitrogens with two attached hydrogens (primary N) is 1. The number of benzene rings is 1. The van der Waals surface area contributed by atoms with E-state index in [2.05, 4.69) is 5.32 Å². The van der Waals surface area contributed by atoms with E-state index in [0.29, 0.717) is 32.2 Å². The van der Waals surface area contributed by atoms with Crippen molar-refractivity contribution in [1.29, 1.82) is 0 Å². The fourth-order valence-electron chi connectivity index (χ4n) is 2.29. The second-order valence-electron chi connectivity index (χ2n) is 5.16. The number of primary amides is 1. The molecule has 114 valence electrons. The number of carbonyl (C=O) groups is 2. The van der Waals surface area contributed by atoms with E-state index in [1.165, 1.54) is 12.1 Å². The average Bonchev–Trinajstić information content (AvgIpc) is 2.93. The number of rotatable bonds is 6. The van der Waals surface area contributed by atoms with E-state index >= 15 is 0 Å². The highest BCUT2D eigenvalue weighted by molar-refractivity contribution is 5.79. The molecule has 1 aliphatic heterocycles. The quantitative estimate of drug-likeness (QED) is 0.818. The first-order valence-electron chi connectivity index (χ1n) is 7.00. The number of amides is 2. The van der Waals surface area contributed by atoms with Crippen LogP contribution < -0.4 is 11.1 Å². The number of aryl methyl sites for hydroxylation is 1. The molecule has 2 rings (SSSR count). The lowest BCUT2D eigenvalue weighted by molar-refractivity contribution is -0.128. The van der Waals surface area contributed by atoms with Crippen LogP contribution in [0.4, 0.5) is 4.39 Å². The van der Waals surface area contributed by atoms with E-state index in [1.54, 1.807) is 12.1 Å². The van der Waals surface area contributed by atoms with Crippen molar-refractivity contribution in [2.45, 2.75) is 37.9 Å². The maximum absolute atomic E-state index is 12.7. The van der Waals surface area contributed by atoms with E-state index in [4.69, 9.17) is 10.5 Å². The Balaban J connectivity index is 1.66. The molecule has 5 nitrogen and oxygen atoms in total. The summed E-state index contributed by atoms with van der Waals surface area (Å²) in [6, 6.07) is 6.09. The Hall–Kier alpha value is -1.95. The molecule has 3 N–H and O–H groups in total. The minimum atomic E-state index is -0.536. The summed E-state index contributed by atoms with van der Waals surface area (Å²) in [4.78, 5) is 22.7. The Morgan fingerprint density at radius 1 is 1.29 bits per heavy atom. The summed E-state index contributed by atoms with van der Waals surface area (Å²) < 4.78 is 18.2. The molecule has 2 atom stereocenters. The zero-order chi connectivity index (χ0) is 15.2. The van der Waals surface area contributed by atoms with Gasteiger partial charge in [-0.2, -0.15) is 0 Å². The van der Waals surface area contributed by atoms with Gasteiger partial charge in [0.25, 0.3) is 0 Å². The summed E-state index contributed by atoms with van der Waals surface area (Å²) in [5.74, 6) is -0.837. The summed E-state index contributed by atoms with van der Waals surface area (Å²) in [5.41, 5.74) is 6.07. The maximum Gasteiger partial charge on any atom is 0.246 e. The maximum atomic E-state index is 12.7. The van der Waals surface area contributed by atoms with Crippen molar-refractivity contribution in [3.63, 3.8) is 0 Å². The van der Waals surface area contributed by atoms with Gasteiger partial charge in [0, 0.05) is 13.0 Å². The molecule has 1 saturated heterocycles. The van der Waals surface area contributed by atoms with Gasteiger partial charge in [-0.15, -0.1) is 0 Å². The van der Waals surface area contributed by atoms with Crippen molar-refractivity contribution in [3.8, 4) is 0 Å². The molecule has 6 heteroatoms. The van der Waals surface area contributed by atoms with Crippen molar-refractivity contribution in [1.82, 2.24) is 5.32 Å². The summed E-state index contributed by atoms with van der Waals surface area (Å²) in [7, 11) is 0. The van der Waals surface area contributed by atoms with Crippen molar-refractivity contribution in [2.75, 3.05) is 6.54 Å². The standard InChI is InChI=1S/C15H19FN2O3/c16-11-4-1-10(2-5-11)3-8-14(19)18-9-12-6-7-13(21-12)15(17)20/h1-2,4-5,12-13H,3,6-9H2,(H2,17,20)(H,18,19). The van der Waals surface area contributed by atoms with Gasteiger partial charge in [-0.25, -0.2) is 4.39 Å². The van der Waals surface area contributed by atoms with E-state index < -0.39 is 12.0 Å². The fourth-order valence-corrected chi connectivity index (χ4v) is 2.29. The Bertz CT molecular complexity index is 504. The van der Waals surface area contributed by atoms with Gasteiger partial charge in [0.05, 0.1) is 6.10 Å². The van der Waals surface area contributed by atoms with Crippen LogP contribution in [0.2, 0.25) is 0 Å². The van der Waals surface area contributed by atoms with Crippen LogP contribution in [0.3, 0.4) is 0 Å². The molecule has 2 unspecified atom stereocenters. The molecule has 1 heterocycles. The highest BCUT2D eigenvalue weighted by Crippen LogP contribution is 2.18. The first-order chi connectivity index (χ1) is 10.0. The van der Waals surface area contributed by atoms with Crippen LogP contribution in [0.1, 0.15) is 24.8 Å². The SMILES string of the molecule is NC(=O)C1CCC(CNC(=O)CCc2ccc(F)cc2)O1. The molecule has 0 bridgehead atoms. The molecule has 1 aromatic rings. The molecule has 0 saturated carbocycles. The Labute approximate surface area is 122 Å². The molecule has 1 fully saturated rings. The van der Waals surface area contributed by atoms with Crippen LogP contribution >= 0.6 is 0 Å². The lowest BCUT2D eigenvalue weighted by Crippen LogP contribution is -2.34. The van der Waals surface area contributed by atoms with Crippen LogP contribution in [0.15, 0.2) is 24.3 Å². The lowest BCUT2D eigenvalue weighted by atomic mass is 10.1. The first-order valence-corrected chi connectivity index (χ1v) is 7.00. The number of halogens is 1. The predicted octanol–water partition coefficient (Wildman–Crippen LogP) is 0.907. The van der Waals surface area contributed by atoms with Crippen molar-refractivity contribution < 1.29 is 18.7 Å². The number of hydrogen-bond donors (Lipinski definition) is 2. The second kappa shape index (κ2) is 7.17. The smallest absolute Gasteiger partial charge is 0.246 e. The topological polar surface area (TPSA) is 81.4 Å². The molecule has 2 amide bonds. The zero-order valence-electron chi connectivity index (χ0n) is 11.7. The second-order valence-corrected chi connectivity index (χ2v) is 5.16. The molecule has 0 spiro atoms. The average molecular weight is 294 g/mol. The summed E-state index contributed by atoms with van der Waals surface area (Å²) in [5, 5.41) is 2.78. The molecule has 0 aliphatic carbocycles. The predicted molar refractivity (Wildman–Crippen MR) is 74.8 cm³/mol. The van der Waals surface area contributed by atoms with Crippen molar-refractivity contribution in [3.05, 3.63) is 35.6 Å². The monoisotopic (exact) mass is 294 g/mol. The van der Waals surface area contributed by atoms with Crippen LogP contribution in [-0.2, 0) is 20.7 Å². The summed E-state index contributed by atoms with van der Waals surface area (Å²) >= 11 is 0. The van der Waals surface area contributed by atoms with Gasteiger partial charge >= 0.3 is 0 Å². The third kappa shape index (κ3) is 4.82. The van der Waals surface area contributed by atoms with E-state index in [-0.39, 0.29) is 17.8 Å². The molecular formula is C15H19FN2O3. The van der Waals surface area contributed by atoms with Gasteiger partial charge in [-0.05, 0) is 37.0 Å². The van der Waals surface area contributed by atoms with Crippen LogP contribution in [-0.4, -0.2) is 30.6 Å². The van der Waals surface area contributed by atoms with E-state index in [1.807, 2.05) is 0 Å². The molecule has 21 heavy (non-hydrogen) atoms. The van der Waals surface area contributed by atoms with Gasteiger partial charge in [0.1, 0.15) is 11.9 Å². The normalized spacial score (nSPS) is 21.2. The largest absolute Gasteiger partial charge is 0.367 e. The van der Waals surface area contributed by atoms with Gasteiger partial charge in [0.2, 0.25) is 11.8 Å². The molecule has 0 radical (unpaired) electrons. The molecule has 0 aromatic heterocycles. The third-order valence-electron chi connectivity index (χ3n) is 3.51. The Kier molecular flexibility index (Phi) is 5.27. The first kappa shape index (κ1) is 15.4. The minimum absolute atomic E-state index is 0.0922. The number of carbonyl (C=O) groups excluding carboxylic acids is 2. The zero-order valence-corrected chi connectivity index (χ0v) is 11.7. The van der Waals surface area contributed by atoms with Gasteiger partial charge in [-0.3, -0.25) is 9.59 Å². The van der Waals surface area contributed by atoms with Crippen LogP contribution in [0.5, 0.6) is 0 Å². The van der Waals surface area contributed by atoms with E-state index in [0.717, 1.165) is 5.56 Å². The molecule has 1 aromatic carbocycles. The summed E-state index contributed by atoms with van der Waals surface area (Å²) in [6.07, 6.45) is 1.51. The number of nitrogens with one attached hydrogen (secondary N) is 1. The van der Waals surface area contributed by atoms with Crippen molar-refractivity contribution >= 4 is 11.8 Å². The lowest BCUT2D eigenvalue weighted by Gasteiger charge is -2.12. The fraction of sp³-hybridized carbons (Fsp3) is 0.467. The summed E-state index contributed by atoms with van der Waals surface area (Å²) in [6.45, 7) is 0.381.